The van der Waals surface area contributed by atoms with Crippen LogP contribution >= 0.6 is 0 Å². The Balaban J connectivity index is 1.20. The fourth-order valence-corrected chi connectivity index (χ4v) is 4.31. The molecule has 0 aliphatic carbocycles. The van der Waals surface area contributed by atoms with Crippen LogP contribution < -0.4 is 9.47 Å². The lowest BCUT2D eigenvalue weighted by Crippen LogP contribution is -2.44. The second-order valence-electron chi connectivity index (χ2n) is 8.15. The molecule has 2 aliphatic rings. The van der Waals surface area contributed by atoms with Crippen molar-refractivity contribution in [3.05, 3.63) is 53.3 Å². The zero-order valence-electron chi connectivity index (χ0n) is 16.6. The van der Waals surface area contributed by atoms with Crippen LogP contribution in [0.1, 0.15) is 35.7 Å². The van der Waals surface area contributed by atoms with Crippen molar-refractivity contribution in [2.75, 3.05) is 26.2 Å². The Morgan fingerprint density at radius 2 is 1.82 bits per heavy atom. The van der Waals surface area contributed by atoms with E-state index in [0.29, 0.717) is 12.5 Å². The van der Waals surface area contributed by atoms with E-state index in [4.69, 9.17) is 14.5 Å². The Kier molecular flexibility index (Phi) is 4.47. The van der Waals surface area contributed by atoms with E-state index in [2.05, 4.69) is 35.9 Å². The smallest absolute Gasteiger partial charge is 0.161 e. The Hall–Kier alpha value is -2.53. The molecule has 0 unspecified atom stereocenters. The number of nitrogens with zero attached hydrogens (tertiary/aromatic N) is 2. The number of aromatic amines is 1. The molecule has 1 atom stereocenters. The van der Waals surface area contributed by atoms with E-state index in [0.717, 1.165) is 60.8 Å². The van der Waals surface area contributed by atoms with Crippen LogP contribution in [0.2, 0.25) is 0 Å². The summed E-state index contributed by atoms with van der Waals surface area (Å²) in [5, 5.41) is 0. The molecule has 0 amide bonds. The molecule has 3 aromatic rings. The number of para-hydroxylation sites is 2. The summed E-state index contributed by atoms with van der Waals surface area (Å²) in [5.41, 5.74) is 4.87. The maximum absolute atomic E-state index is 6.12. The van der Waals surface area contributed by atoms with Gasteiger partial charge >= 0.3 is 0 Å². The summed E-state index contributed by atoms with van der Waals surface area (Å²) in [6, 6.07) is 12.3. The predicted octanol–water partition coefficient (Wildman–Crippen LogP) is 4.20. The number of H-pyrrole nitrogens is 1. The standard InChI is InChI=1S/C23H27N3O2/c1-15-11-19-20(12-16(15)2)25-23(24-19)17-7-9-26(10-8-17)13-18-14-27-21-5-3-4-6-22(21)28-18/h3-6,11-12,17-18H,7-10,13-14H2,1-2H3,(H,24,25)/t18-/m1/s1. The van der Waals surface area contributed by atoms with Crippen LogP contribution in [0.3, 0.4) is 0 Å². The molecule has 0 radical (unpaired) electrons. The molecule has 2 aromatic carbocycles. The van der Waals surface area contributed by atoms with Crippen LogP contribution in [-0.2, 0) is 0 Å². The van der Waals surface area contributed by atoms with Crippen LogP contribution in [0.15, 0.2) is 36.4 Å². The maximum atomic E-state index is 6.12. The summed E-state index contributed by atoms with van der Waals surface area (Å²) in [4.78, 5) is 10.9. The Bertz CT molecular complexity index is 950. The average Bonchev–Trinajstić information content (AvgIpc) is 3.11. The van der Waals surface area contributed by atoms with Crippen molar-refractivity contribution in [1.29, 1.82) is 0 Å². The SMILES string of the molecule is Cc1cc2nc(C3CCN(C[C@@H]4COc5ccccc5O4)CC3)[nH]c2cc1C. The third-order valence-corrected chi connectivity index (χ3v) is 6.12. The van der Waals surface area contributed by atoms with Gasteiger partial charge in [-0.05, 0) is 75.2 Å². The molecule has 1 aromatic heterocycles. The zero-order valence-corrected chi connectivity index (χ0v) is 16.6. The summed E-state index contributed by atoms with van der Waals surface area (Å²) in [7, 11) is 0. The van der Waals surface area contributed by atoms with E-state index >= 15 is 0 Å². The highest BCUT2D eigenvalue weighted by molar-refractivity contribution is 5.77. The molecule has 0 spiro atoms. The molecule has 3 heterocycles. The quantitative estimate of drug-likeness (QED) is 0.743. The second kappa shape index (κ2) is 7.13. The number of likely N-dealkylation sites (tertiary alicyclic amines) is 1. The van der Waals surface area contributed by atoms with Crippen molar-refractivity contribution in [2.24, 2.45) is 0 Å². The Labute approximate surface area is 165 Å². The molecule has 5 rings (SSSR count). The van der Waals surface area contributed by atoms with Gasteiger partial charge in [-0.1, -0.05) is 12.1 Å². The average molecular weight is 377 g/mol. The molecule has 28 heavy (non-hydrogen) atoms. The number of imidazole rings is 1. The Morgan fingerprint density at radius 1 is 1.07 bits per heavy atom. The van der Waals surface area contributed by atoms with Gasteiger partial charge in [0.15, 0.2) is 11.5 Å². The lowest BCUT2D eigenvalue weighted by Gasteiger charge is -2.35. The minimum atomic E-state index is 0.101. The van der Waals surface area contributed by atoms with Crippen LogP contribution in [0.5, 0.6) is 11.5 Å². The molecule has 0 bridgehead atoms. The molecule has 2 aliphatic heterocycles. The monoisotopic (exact) mass is 377 g/mol. The predicted molar refractivity (Wildman–Crippen MR) is 110 cm³/mol. The van der Waals surface area contributed by atoms with Gasteiger partial charge < -0.3 is 14.5 Å². The number of aryl methyl sites for hydroxylation is 2. The lowest BCUT2D eigenvalue weighted by molar-refractivity contribution is 0.0511. The number of aromatic nitrogens is 2. The summed E-state index contributed by atoms with van der Waals surface area (Å²) in [6.07, 6.45) is 2.35. The minimum Gasteiger partial charge on any atom is -0.486 e. The zero-order chi connectivity index (χ0) is 19.1. The van der Waals surface area contributed by atoms with Gasteiger partial charge in [0.25, 0.3) is 0 Å². The first-order chi connectivity index (χ1) is 13.7. The van der Waals surface area contributed by atoms with Gasteiger partial charge in [-0.2, -0.15) is 0 Å². The highest BCUT2D eigenvalue weighted by atomic mass is 16.6. The van der Waals surface area contributed by atoms with Crippen LogP contribution in [0, 0.1) is 13.8 Å². The van der Waals surface area contributed by atoms with E-state index in [1.807, 2.05) is 24.3 Å². The first-order valence-corrected chi connectivity index (χ1v) is 10.2. The van der Waals surface area contributed by atoms with Gasteiger partial charge in [-0.25, -0.2) is 4.98 Å². The van der Waals surface area contributed by atoms with Crippen molar-refractivity contribution in [3.8, 4) is 11.5 Å². The highest BCUT2D eigenvalue weighted by Crippen LogP contribution is 2.32. The largest absolute Gasteiger partial charge is 0.486 e. The molecule has 1 fully saturated rings. The first-order valence-electron chi connectivity index (χ1n) is 10.2. The summed E-state index contributed by atoms with van der Waals surface area (Å²) < 4.78 is 12.0. The molecule has 1 saturated heterocycles. The van der Waals surface area contributed by atoms with Crippen LogP contribution in [0.4, 0.5) is 0 Å². The number of hydrogen-bond donors (Lipinski definition) is 1. The van der Waals surface area contributed by atoms with Crippen molar-refractivity contribution >= 4 is 11.0 Å². The summed E-state index contributed by atoms with van der Waals surface area (Å²) in [6.45, 7) is 7.99. The van der Waals surface area contributed by atoms with Crippen LogP contribution in [0.25, 0.3) is 11.0 Å². The van der Waals surface area contributed by atoms with Gasteiger partial charge in [-0.15, -0.1) is 0 Å². The number of nitrogens with one attached hydrogen (secondary N) is 1. The highest BCUT2D eigenvalue weighted by Gasteiger charge is 2.27. The van der Waals surface area contributed by atoms with E-state index in [-0.39, 0.29) is 6.10 Å². The van der Waals surface area contributed by atoms with Crippen LogP contribution in [-0.4, -0.2) is 47.2 Å². The molecule has 5 nitrogen and oxygen atoms in total. The van der Waals surface area contributed by atoms with Gasteiger partial charge in [0.1, 0.15) is 18.5 Å². The topological polar surface area (TPSA) is 50.4 Å². The van der Waals surface area contributed by atoms with Gasteiger partial charge in [-0.3, -0.25) is 4.90 Å². The first kappa shape index (κ1) is 17.6. The third kappa shape index (κ3) is 3.35. The van der Waals surface area contributed by atoms with Gasteiger partial charge in [0.2, 0.25) is 0 Å². The third-order valence-electron chi connectivity index (χ3n) is 6.12. The maximum Gasteiger partial charge on any atom is 0.161 e. The van der Waals surface area contributed by atoms with Gasteiger partial charge in [0.05, 0.1) is 11.0 Å². The number of piperidine rings is 1. The van der Waals surface area contributed by atoms with E-state index in [1.165, 1.54) is 11.1 Å². The fraction of sp³-hybridized carbons (Fsp3) is 0.435. The van der Waals surface area contributed by atoms with Crippen molar-refractivity contribution in [3.63, 3.8) is 0 Å². The molecule has 5 heteroatoms. The summed E-state index contributed by atoms with van der Waals surface area (Å²) in [5.74, 6) is 3.37. The van der Waals surface area contributed by atoms with E-state index in [1.54, 1.807) is 0 Å². The molecule has 0 saturated carbocycles. The molecule has 146 valence electrons. The van der Waals surface area contributed by atoms with Crippen molar-refractivity contribution < 1.29 is 9.47 Å². The van der Waals surface area contributed by atoms with Gasteiger partial charge in [0, 0.05) is 12.5 Å². The number of fused-ring (bicyclic) bond motifs is 2. The lowest BCUT2D eigenvalue weighted by atomic mass is 9.96. The number of benzene rings is 2. The fourth-order valence-electron chi connectivity index (χ4n) is 4.31. The summed E-state index contributed by atoms with van der Waals surface area (Å²) >= 11 is 0. The molecular formula is C23H27N3O2. The van der Waals surface area contributed by atoms with E-state index < -0.39 is 0 Å². The second-order valence-corrected chi connectivity index (χ2v) is 8.15. The number of hydrogen-bond acceptors (Lipinski definition) is 4. The molecule has 1 N–H and O–H groups in total. The van der Waals surface area contributed by atoms with Crippen molar-refractivity contribution in [1.82, 2.24) is 14.9 Å². The Morgan fingerprint density at radius 3 is 2.64 bits per heavy atom. The number of ether oxygens (including phenoxy) is 2. The van der Waals surface area contributed by atoms with Crippen molar-refractivity contribution in [2.45, 2.75) is 38.7 Å². The number of rotatable bonds is 3. The van der Waals surface area contributed by atoms with E-state index in [9.17, 15) is 0 Å². The molecular weight excluding hydrogens is 350 g/mol. The normalized spacial score (nSPS) is 20.6. The minimum absolute atomic E-state index is 0.101.